The molecule has 2 rings (SSSR count). The second-order valence-electron chi connectivity index (χ2n) is 4.77. The van der Waals surface area contributed by atoms with Crippen molar-refractivity contribution in [3.63, 3.8) is 0 Å². The zero-order valence-electron chi connectivity index (χ0n) is 11.3. The Bertz CT molecular complexity index is 704. The smallest absolute Gasteiger partial charge is 0.221 e. The average molecular weight is 295 g/mol. The summed E-state index contributed by atoms with van der Waals surface area (Å²) in [5.74, 6) is 0.0514. The van der Waals surface area contributed by atoms with E-state index in [4.69, 9.17) is 11.5 Å². The van der Waals surface area contributed by atoms with E-state index < -0.39 is 15.1 Å². The largest absolute Gasteiger partial charge is 0.399 e. The highest BCUT2D eigenvalue weighted by molar-refractivity contribution is 7.92. The van der Waals surface area contributed by atoms with E-state index in [1.807, 2.05) is 12.1 Å². The fourth-order valence-electron chi connectivity index (χ4n) is 1.64. The van der Waals surface area contributed by atoms with Crippen LogP contribution in [0.25, 0.3) is 0 Å². The molecule has 1 heterocycles. The number of anilines is 2. The number of benzene rings is 1. The zero-order valence-corrected chi connectivity index (χ0v) is 12.1. The molecule has 0 radical (unpaired) electrons. The van der Waals surface area contributed by atoms with Crippen LogP contribution in [0.4, 0.5) is 11.5 Å². The molecule has 0 fully saturated rings. The number of nitrogen functional groups attached to an aromatic ring is 2. The average Bonchev–Trinajstić information content (AvgIpc) is 2.74. The molecular weight excluding hydrogens is 278 g/mol. The van der Waals surface area contributed by atoms with Gasteiger partial charge in [0.05, 0.1) is 11.8 Å². The molecule has 108 valence electrons. The monoisotopic (exact) mass is 295 g/mol. The Labute approximate surface area is 117 Å². The number of nitrogens with zero attached hydrogens (tertiary/aromatic N) is 3. The molecule has 0 amide bonds. The summed E-state index contributed by atoms with van der Waals surface area (Å²) in [5, 5.41) is 6.76. The fourth-order valence-corrected chi connectivity index (χ4v) is 2.64. The van der Waals surface area contributed by atoms with Gasteiger partial charge in [-0.3, -0.25) is 0 Å². The van der Waals surface area contributed by atoms with E-state index in [1.165, 1.54) is 4.68 Å². The molecular formula is C12H17N5O2S. The van der Waals surface area contributed by atoms with Crippen LogP contribution in [0.15, 0.2) is 29.3 Å². The number of aromatic nitrogens is 3. The van der Waals surface area contributed by atoms with Crippen LogP contribution >= 0.6 is 0 Å². The van der Waals surface area contributed by atoms with Crippen molar-refractivity contribution in [2.24, 2.45) is 0 Å². The minimum Gasteiger partial charge on any atom is -0.399 e. The number of rotatable bonds is 4. The van der Waals surface area contributed by atoms with Crippen LogP contribution in [0.3, 0.4) is 0 Å². The van der Waals surface area contributed by atoms with Gasteiger partial charge in [-0.25, -0.2) is 13.1 Å². The highest BCUT2D eigenvalue weighted by Crippen LogP contribution is 2.20. The topological polar surface area (TPSA) is 117 Å². The Kier molecular flexibility index (Phi) is 3.67. The normalized spacial score (nSPS) is 11.9. The lowest BCUT2D eigenvalue weighted by Gasteiger charge is -2.06. The van der Waals surface area contributed by atoms with Crippen LogP contribution in [-0.4, -0.2) is 28.7 Å². The Morgan fingerprint density at radius 1 is 1.20 bits per heavy atom. The molecule has 0 aliphatic heterocycles. The zero-order chi connectivity index (χ0) is 14.9. The first-order valence-corrected chi connectivity index (χ1v) is 7.64. The summed E-state index contributed by atoms with van der Waals surface area (Å²) >= 11 is 0. The van der Waals surface area contributed by atoms with Crippen LogP contribution in [0.5, 0.6) is 0 Å². The van der Waals surface area contributed by atoms with Gasteiger partial charge in [0.2, 0.25) is 14.9 Å². The third-order valence-corrected chi connectivity index (χ3v) is 5.01. The molecule has 4 N–H and O–H groups in total. The molecule has 0 aliphatic rings. The minimum absolute atomic E-state index is 0.0514. The summed E-state index contributed by atoms with van der Waals surface area (Å²) in [6.45, 7) is 3.49. The molecule has 0 saturated carbocycles. The second-order valence-corrected chi connectivity index (χ2v) is 7.19. The molecule has 1 aromatic carbocycles. The first-order chi connectivity index (χ1) is 9.32. The Morgan fingerprint density at radius 3 is 2.35 bits per heavy atom. The molecule has 0 spiro atoms. The maximum Gasteiger partial charge on any atom is 0.221 e. The van der Waals surface area contributed by atoms with Gasteiger partial charge >= 0.3 is 0 Å². The van der Waals surface area contributed by atoms with Crippen LogP contribution in [-0.2, 0) is 16.4 Å². The molecule has 0 atom stereocenters. The molecule has 0 aliphatic carbocycles. The van der Waals surface area contributed by atoms with E-state index in [0.717, 1.165) is 5.56 Å². The fraction of sp³-hybridized carbons (Fsp3) is 0.333. The van der Waals surface area contributed by atoms with Crippen molar-refractivity contribution < 1.29 is 8.42 Å². The summed E-state index contributed by atoms with van der Waals surface area (Å²) in [6.07, 6.45) is 0. The summed E-state index contributed by atoms with van der Waals surface area (Å²) < 4.78 is 25.5. The van der Waals surface area contributed by atoms with Crippen LogP contribution in [0, 0.1) is 0 Å². The SMILES string of the molecule is CC(C)S(=O)(=O)c1nnn(Cc2ccc(N)cc2)c1N. The lowest BCUT2D eigenvalue weighted by Crippen LogP contribution is -2.16. The molecule has 1 aromatic heterocycles. The lowest BCUT2D eigenvalue weighted by atomic mass is 10.2. The predicted octanol–water partition coefficient (Wildman–Crippen LogP) is 0.673. The standard InChI is InChI=1S/C12H17N5O2S/c1-8(2)20(18,19)12-11(14)17(16-15-12)7-9-3-5-10(13)6-4-9/h3-6,8H,7,13-14H2,1-2H3. The van der Waals surface area contributed by atoms with Gasteiger partial charge in [-0.15, -0.1) is 5.10 Å². The quantitative estimate of drug-likeness (QED) is 0.801. The lowest BCUT2D eigenvalue weighted by molar-refractivity contribution is 0.583. The highest BCUT2D eigenvalue weighted by atomic mass is 32.2. The van der Waals surface area contributed by atoms with Crippen LogP contribution in [0.2, 0.25) is 0 Å². The number of hydrogen-bond acceptors (Lipinski definition) is 6. The summed E-state index contributed by atoms with van der Waals surface area (Å²) in [4.78, 5) is 0. The number of nitrogens with two attached hydrogens (primary N) is 2. The minimum atomic E-state index is -3.53. The van der Waals surface area contributed by atoms with Crippen molar-refractivity contribution in [3.8, 4) is 0 Å². The van der Waals surface area contributed by atoms with E-state index >= 15 is 0 Å². The van der Waals surface area contributed by atoms with E-state index in [2.05, 4.69) is 10.3 Å². The van der Waals surface area contributed by atoms with Gasteiger partial charge in [0.25, 0.3) is 0 Å². The molecule has 0 unspecified atom stereocenters. The van der Waals surface area contributed by atoms with Crippen molar-refractivity contribution in [2.45, 2.75) is 30.7 Å². The molecule has 0 saturated heterocycles. The molecule has 8 heteroatoms. The van der Waals surface area contributed by atoms with Gasteiger partial charge in [-0.2, -0.15) is 0 Å². The van der Waals surface area contributed by atoms with E-state index in [-0.39, 0.29) is 10.8 Å². The summed E-state index contributed by atoms with van der Waals surface area (Å²) in [5.41, 5.74) is 13.0. The Hall–Kier alpha value is -2.09. The Balaban J connectivity index is 2.32. The van der Waals surface area contributed by atoms with Gasteiger partial charge in [0.1, 0.15) is 0 Å². The third-order valence-electron chi connectivity index (χ3n) is 2.94. The first-order valence-electron chi connectivity index (χ1n) is 6.09. The van der Waals surface area contributed by atoms with E-state index in [9.17, 15) is 8.42 Å². The number of sulfone groups is 1. The Morgan fingerprint density at radius 2 is 1.80 bits per heavy atom. The van der Waals surface area contributed by atoms with Gasteiger partial charge in [-0.05, 0) is 31.5 Å². The van der Waals surface area contributed by atoms with Crippen molar-refractivity contribution in [3.05, 3.63) is 29.8 Å². The first kappa shape index (κ1) is 14.3. The number of hydrogen-bond donors (Lipinski definition) is 2. The van der Waals surface area contributed by atoms with E-state index in [0.29, 0.717) is 12.2 Å². The summed E-state index contributed by atoms with van der Waals surface area (Å²) in [6, 6.07) is 7.17. The summed E-state index contributed by atoms with van der Waals surface area (Å²) in [7, 11) is -3.53. The molecule has 2 aromatic rings. The van der Waals surface area contributed by atoms with Crippen molar-refractivity contribution >= 4 is 21.3 Å². The molecule has 20 heavy (non-hydrogen) atoms. The second kappa shape index (κ2) is 5.12. The van der Waals surface area contributed by atoms with Gasteiger partial charge < -0.3 is 11.5 Å². The van der Waals surface area contributed by atoms with Crippen LogP contribution in [0.1, 0.15) is 19.4 Å². The van der Waals surface area contributed by atoms with Crippen molar-refractivity contribution in [1.29, 1.82) is 0 Å². The third kappa shape index (κ3) is 2.60. The van der Waals surface area contributed by atoms with E-state index in [1.54, 1.807) is 26.0 Å². The molecule has 7 nitrogen and oxygen atoms in total. The highest BCUT2D eigenvalue weighted by Gasteiger charge is 2.27. The maximum absolute atomic E-state index is 12.1. The van der Waals surface area contributed by atoms with Crippen molar-refractivity contribution in [2.75, 3.05) is 11.5 Å². The van der Waals surface area contributed by atoms with Gasteiger partial charge in [0, 0.05) is 5.69 Å². The molecule has 0 bridgehead atoms. The van der Waals surface area contributed by atoms with Gasteiger partial charge in [-0.1, -0.05) is 17.3 Å². The van der Waals surface area contributed by atoms with Crippen molar-refractivity contribution in [1.82, 2.24) is 15.0 Å². The predicted molar refractivity (Wildman–Crippen MR) is 76.7 cm³/mol. The maximum atomic E-state index is 12.1. The van der Waals surface area contributed by atoms with Gasteiger partial charge in [0.15, 0.2) is 5.82 Å². The van der Waals surface area contributed by atoms with Crippen LogP contribution < -0.4 is 11.5 Å².